The molecule has 3 rings (SSSR count). The first kappa shape index (κ1) is 14.8. The van der Waals surface area contributed by atoms with E-state index in [4.69, 9.17) is 0 Å². The van der Waals surface area contributed by atoms with Crippen LogP contribution in [0.3, 0.4) is 0 Å². The topological polar surface area (TPSA) is 41.1 Å². The lowest BCUT2D eigenvalue weighted by Gasteiger charge is -2.35. The van der Waals surface area contributed by atoms with Gasteiger partial charge >= 0.3 is 0 Å². The summed E-state index contributed by atoms with van der Waals surface area (Å²) in [6.45, 7) is 5.80. The number of hydrogen-bond donors (Lipinski definition) is 1. The zero-order valence-electron chi connectivity index (χ0n) is 13.0. The van der Waals surface area contributed by atoms with Crippen LogP contribution in [0.25, 0.3) is 0 Å². The van der Waals surface area contributed by atoms with E-state index in [2.05, 4.69) is 20.2 Å². The van der Waals surface area contributed by atoms with E-state index in [0.717, 1.165) is 42.9 Å². The standard InChI is InChI=1S/C17H21FN4/c1-12-10-14(18)5-6-16(12)22-9-3-4-15(11-22)21-17-19-8-7-13(2)20-17/h5-8,10,15H,3-4,9,11H2,1-2H3,(H,19,20,21). The Labute approximate surface area is 130 Å². The number of aromatic nitrogens is 2. The van der Waals surface area contributed by atoms with Gasteiger partial charge in [-0.2, -0.15) is 0 Å². The first-order valence-electron chi connectivity index (χ1n) is 7.69. The van der Waals surface area contributed by atoms with Gasteiger partial charge in [0.25, 0.3) is 0 Å². The lowest BCUT2D eigenvalue weighted by Crippen LogP contribution is -2.42. The van der Waals surface area contributed by atoms with Gasteiger partial charge in [-0.05, 0) is 56.5 Å². The van der Waals surface area contributed by atoms with E-state index in [1.54, 1.807) is 12.3 Å². The molecule has 0 aliphatic carbocycles. The molecule has 1 aliphatic rings. The molecule has 1 aromatic heterocycles. The highest BCUT2D eigenvalue weighted by Crippen LogP contribution is 2.25. The summed E-state index contributed by atoms with van der Waals surface area (Å²) in [4.78, 5) is 11.0. The number of halogens is 1. The van der Waals surface area contributed by atoms with E-state index >= 15 is 0 Å². The molecule has 0 amide bonds. The van der Waals surface area contributed by atoms with E-state index in [9.17, 15) is 4.39 Å². The van der Waals surface area contributed by atoms with E-state index in [1.165, 1.54) is 6.07 Å². The minimum Gasteiger partial charge on any atom is -0.369 e. The summed E-state index contributed by atoms with van der Waals surface area (Å²) in [5.41, 5.74) is 3.05. The van der Waals surface area contributed by atoms with Crippen LogP contribution in [0.15, 0.2) is 30.5 Å². The minimum absolute atomic E-state index is 0.180. The molecule has 1 N–H and O–H groups in total. The minimum atomic E-state index is -0.180. The maximum atomic E-state index is 13.3. The summed E-state index contributed by atoms with van der Waals surface area (Å²) in [6.07, 6.45) is 3.96. The van der Waals surface area contributed by atoms with Crippen LogP contribution in [0.1, 0.15) is 24.1 Å². The lowest BCUT2D eigenvalue weighted by atomic mass is 10.0. The van der Waals surface area contributed by atoms with Crippen LogP contribution in [0, 0.1) is 19.7 Å². The number of rotatable bonds is 3. The Bertz CT molecular complexity index is 659. The van der Waals surface area contributed by atoms with Crippen molar-refractivity contribution in [3.8, 4) is 0 Å². The smallest absolute Gasteiger partial charge is 0.223 e. The fourth-order valence-corrected chi connectivity index (χ4v) is 2.99. The van der Waals surface area contributed by atoms with Gasteiger partial charge in [0.15, 0.2) is 0 Å². The summed E-state index contributed by atoms with van der Waals surface area (Å²) < 4.78 is 13.3. The average molecular weight is 300 g/mol. The highest BCUT2D eigenvalue weighted by atomic mass is 19.1. The number of anilines is 2. The highest BCUT2D eigenvalue weighted by Gasteiger charge is 2.21. The van der Waals surface area contributed by atoms with E-state index in [-0.39, 0.29) is 5.82 Å². The molecular formula is C17H21FN4. The third kappa shape index (κ3) is 3.35. The van der Waals surface area contributed by atoms with Gasteiger partial charge in [0.2, 0.25) is 5.95 Å². The largest absolute Gasteiger partial charge is 0.369 e. The van der Waals surface area contributed by atoms with Crippen molar-refractivity contribution >= 4 is 11.6 Å². The molecule has 0 bridgehead atoms. The van der Waals surface area contributed by atoms with Gasteiger partial charge in [-0.3, -0.25) is 0 Å². The van der Waals surface area contributed by atoms with Crippen LogP contribution in [-0.2, 0) is 0 Å². The molecule has 0 radical (unpaired) electrons. The quantitative estimate of drug-likeness (QED) is 0.944. The number of nitrogens with one attached hydrogen (secondary N) is 1. The van der Waals surface area contributed by atoms with Crippen molar-refractivity contribution in [2.45, 2.75) is 32.7 Å². The van der Waals surface area contributed by atoms with E-state index < -0.39 is 0 Å². The van der Waals surface area contributed by atoms with Crippen LogP contribution < -0.4 is 10.2 Å². The van der Waals surface area contributed by atoms with Crippen molar-refractivity contribution in [1.82, 2.24) is 9.97 Å². The molecule has 116 valence electrons. The van der Waals surface area contributed by atoms with Crippen molar-refractivity contribution in [2.24, 2.45) is 0 Å². The molecule has 1 fully saturated rings. The van der Waals surface area contributed by atoms with Gasteiger partial charge in [0, 0.05) is 36.7 Å². The molecule has 2 heterocycles. The van der Waals surface area contributed by atoms with Crippen molar-refractivity contribution in [2.75, 3.05) is 23.3 Å². The first-order chi connectivity index (χ1) is 10.6. The van der Waals surface area contributed by atoms with Gasteiger partial charge in [0.1, 0.15) is 5.82 Å². The molecule has 22 heavy (non-hydrogen) atoms. The maximum Gasteiger partial charge on any atom is 0.223 e. The Balaban J connectivity index is 1.71. The zero-order valence-corrected chi connectivity index (χ0v) is 13.0. The van der Waals surface area contributed by atoms with Crippen molar-refractivity contribution in [3.63, 3.8) is 0 Å². The molecule has 0 spiro atoms. The van der Waals surface area contributed by atoms with Gasteiger partial charge in [-0.1, -0.05) is 0 Å². The van der Waals surface area contributed by atoms with Crippen molar-refractivity contribution < 1.29 is 4.39 Å². The second-order valence-corrected chi connectivity index (χ2v) is 5.88. The number of nitrogens with zero attached hydrogens (tertiary/aromatic N) is 3. The van der Waals surface area contributed by atoms with Crippen molar-refractivity contribution in [3.05, 3.63) is 47.5 Å². The molecule has 5 heteroatoms. The third-order valence-corrected chi connectivity index (χ3v) is 4.05. The van der Waals surface area contributed by atoms with Gasteiger partial charge in [-0.15, -0.1) is 0 Å². The molecule has 1 unspecified atom stereocenters. The Kier molecular flexibility index (Phi) is 4.22. The van der Waals surface area contributed by atoms with Crippen LogP contribution in [0.2, 0.25) is 0 Å². The molecule has 1 aromatic carbocycles. The summed E-state index contributed by atoms with van der Waals surface area (Å²) >= 11 is 0. The lowest BCUT2D eigenvalue weighted by molar-refractivity contribution is 0.526. The molecule has 0 saturated carbocycles. The fraction of sp³-hybridized carbons (Fsp3) is 0.412. The predicted octanol–water partition coefficient (Wildman–Crippen LogP) is 3.31. The number of benzene rings is 1. The molecule has 4 nitrogen and oxygen atoms in total. The summed E-state index contributed by atoms with van der Waals surface area (Å²) in [7, 11) is 0. The normalized spacial score (nSPS) is 18.3. The number of piperidine rings is 1. The third-order valence-electron chi connectivity index (χ3n) is 4.05. The summed E-state index contributed by atoms with van der Waals surface area (Å²) in [5, 5.41) is 3.41. The highest BCUT2D eigenvalue weighted by molar-refractivity contribution is 5.54. The number of hydrogen-bond acceptors (Lipinski definition) is 4. The fourth-order valence-electron chi connectivity index (χ4n) is 2.99. The summed E-state index contributed by atoms with van der Waals surface area (Å²) in [6, 6.07) is 7.19. The van der Waals surface area contributed by atoms with Crippen LogP contribution >= 0.6 is 0 Å². The molecule has 1 atom stereocenters. The van der Waals surface area contributed by atoms with Crippen LogP contribution in [0.5, 0.6) is 0 Å². The molecule has 2 aromatic rings. The Morgan fingerprint density at radius 3 is 2.91 bits per heavy atom. The summed E-state index contributed by atoms with van der Waals surface area (Å²) in [5.74, 6) is 0.503. The van der Waals surface area contributed by atoms with E-state index in [0.29, 0.717) is 12.0 Å². The van der Waals surface area contributed by atoms with Crippen molar-refractivity contribution in [1.29, 1.82) is 0 Å². The maximum absolute atomic E-state index is 13.3. The second kappa shape index (κ2) is 6.30. The first-order valence-corrected chi connectivity index (χ1v) is 7.69. The second-order valence-electron chi connectivity index (χ2n) is 5.88. The predicted molar refractivity (Wildman–Crippen MR) is 86.8 cm³/mol. The van der Waals surface area contributed by atoms with Gasteiger partial charge in [0.05, 0.1) is 0 Å². The van der Waals surface area contributed by atoms with Gasteiger partial charge < -0.3 is 10.2 Å². The van der Waals surface area contributed by atoms with Crippen LogP contribution in [-0.4, -0.2) is 29.1 Å². The Morgan fingerprint density at radius 2 is 2.14 bits per heavy atom. The van der Waals surface area contributed by atoms with Gasteiger partial charge in [-0.25, -0.2) is 14.4 Å². The van der Waals surface area contributed by atoms with E-state index in [1.807, 2.05) is 26.0 Å². The Morgan fingerprint density at radius 1 is 1.27 bits per heavy atom. The Hall–Kier alpha value is -2.17. The number of aryl methyl sites for hydroxylation is 2. The van der Waals surface area contributed by atoms with Crippen LogP contribution in [0.4, 0.5) is 16.0 Å². The average Bonchev–Trinajstić information content (AvgIpc) is 2.47. The molecular weight excluding hydrogens is 279 g/mol. The zero-order chi connectivity index (χ0) is 15.5. The monoisotopic (exact) mass is 300 g/mol. The molecule has 1 saturated heterocycles. The SMILES string of the molecule is Cc1ccnc(NC2CCCN(c3ccc(F)cc3C)C2)n1. The molecule has 1 aliphatic heterocycles.